The molecule has 0 bridgehead atoms. The van der Waals surface area contributed by atoms with Crippen LogP contribution in [0.2, 0.25) is 0 Å². The minimum absolute atomic E-state index is 0.0120. The number of aliphatic hydroxyl groups excluding tert-OH is 1. The lowest BCUT2D eigenvalue weighted by atomic mass is 9.93. The lowest BCUT2D eigenvalue weighted by molar-refractivity contribution is -0.0599. The van der Waals surface area contributed by atoms with Crippen LogP contribution in [-0.2, 0) is 22.7 Å². The zero-order valence-corrected chi connectivity index (χ0v) is 15.3. The Morgan fingerprint density at radius 1 is 0.840 bits per heavy atom. The summed E-state index contributed by atoms with van der Waals surface area (Å²) in [5.74, 6) is 0.591. The zero-order valence-electron chi connectivity index (χ0n) is 15.3. The van der Waals surface area contributed by atoms with E-state index >= 15 is 0 Å². The highest BCUT2D eigenvalue weighted by atomic mass is 16.5. The van der Waals surface area contributed by atoms with E-state index in [1.165, 1.54) is 5.56 Å². The van der Waals surface area contributed by atoms with Gasteiger partial charge in [0.1, 0.15) is 0 Å². The van der Waals surface area contributed by atoms with E-state index in [-0.39, 0.29) is 18.6 Å². The van der Waals surface area contributed by atoms with E-state index in [2.05, 4.69) is 38.1 Å². The van der Waals surface area contributed by atoms with Crippen molar-refractivity contribution < 1.29 is 14.6 Å². The molecule has 0 fully saturated rings. The van der Waals surface area contributed by atoms with Gasteiger partial charge >= 0.3 is 0 Å². The van der Waals surface area contributed by atoms with Crippen LogP contribution in [0, 0.1) is 11.8 Å². The average molecular weight is 342 g/mol. The highest BCUT2D eigenvalue weighted by Gasteiger charge is 2.20. The Labute approximate surface area is 151 Å². The molecule has 0 spiro atoms. The van der Waals surface area contributed by atoms with Crippen molar-refractivity contribution in [1.82, 2.24) is 0 Å². The second kappa shape index (κ2) is 11.0. The van der Waals surface area contributed by atoms with E-state index in [1.54, 1.807) is 0 Å². The van der Waals surface area contributed by atoms with E-state index in [9.17, 15) is 5.11 Å². The van der Waals surface area contributed by atoms with Crippen LogP contribution in [-0.4, -0.2) is 24.4 Å². The second-order valence-corrected chi connectivity index (χ2v) is 6.84. The number of hydrogen-bond acceptors (Lipinski definition) is 3. The highest BCUT2D eigenvalue weighted by molar-refractivity contribution is 5.14. The van der Waals surface area contributed by atoms with E-state index in [4.69, 9.17) is 9.47 Å². The van der Waals surface area contributed by atoms with Crippen molar-refractivity contribution in [2.75, 3.05) is 13.2 Å². The third kappa shape index (κ3) is 7.39. The first-order valence-corrected chi connectivity index (χ1v) is 9.07. The van der Waals surface area contributed by atoms with Crippen molar-refractivity contribution in [3.05, 3.63) is 71.8 Å². The summed E-state index contributed by atoms with van der Waals surface area (Å²) in [7, 11) is 0. The Bertz CT molecular complexity index is 570. The molecule has 25 heavy (non-hydrogen) atoms. The van der Waals surface area contributed by atoms with E-state index in [1.807, 2.05) is 36.4 Å². The molecule has 0 aliphatic heterocycles. The van der Waals surface area contributed by atoms with Crippen molar-refractivity contribution >= 4 is 0 Å². The molecule has 0 saturated heterocycles. The fourth-order valence-corrected chi connectivity index (χ4v) is 2.88. The molecule has 1 N–H and O–H groups in total. The predicted molar refractivity (Wildman–Crippen MR) is 101 cm³/mol. The highest BCUT2D eigenvalue weighted by Crippen LogP contribution is 2.20. The van der Waals surface area contributed by atoms with Crippen molar-refractivity contribution in [1.29, 1.82) is 0 Å². The van der Waals surface area contributed by atoms with Gasteiger partial charge in [-0.1, -0.05) is 74.5 Å². The van der Waals surface area contributed by atoms with E-state index < -0.39 is 0 Å². The smallest absolute Gasteiger partial charge is 0.0838 e. The van der Waals surface area contributed by atoms with E-state index in [0.29, 0.717) is 25.7 Å². The fourth-order valence-electron chi connectivity index (χ4n) is 2.88. The first kappa shape index (κ1) is 19.6. The van der Waals surface area contributed by atoms with Gasteiger partial charge in [-0.25, -0.2) is 0 Å². The lowest BCUT2D eigenvalue weighted by Crippen LogP contribution is -2.29. The zero-order chi connectivity index (χ0) is 17.9. The quantitative estimate of drug-likeness (QED) is 0.656. The number of aliphatic hydroxyl groups is 1. The topological polar surface area (TPSA) is 38.7 Å². The molecule has 3 heteroatoms. The Kier molecular flexibility index (Phi) is 8.67. The molecular formula is C22H30O3. The molecule has 0 heterocycles. The predicted octanol–water partition coefficient (Wildman–Crippen LogP) is 4.44. The number of benzene rings is 2. The molecule has 2 rings (SSSR count). The van der Waals surface area contributed by atoms with Gasteiger partial charge in [-0.3, -0.25) is 0 Å². The lowest BCUT2D eigenvalue weighted by Gasteiger charge is -2.26. The first-order valence-electron chi connectivity index (χ1n) is 9.07. The molecule has 2 aromatic carbocycles. The maximum Gasteiger partial charge on any atom is 0.0838 e. The van der Waals surface area contributed by atoms with Crippen LogP contribution >= 0.6 is 0 Å². The Morgan fingerprint density at radius 3 is 1.96 bits per heavy atom. The monoisotopic (exact) mass is 342 g/mol. The number of hydrogen-bond donors (Lipinski definition) is 1. The normalized spacial score (nSPS) is 14.8. The standard InChI is InChI=1S/C22H30O3/c1-18(14-23)13-19(2)22(25-16-21-11-7-4-8-12-21)17-24-15-20-9-5-3-6-10-20/h3-12,18-19,22-23H,13-17H2,1-2H3/t18-,19-,22+/m0/s1. The van der Waals surface area contributed by atoms with Crippen LogP contribution < -0.4 is 0 Å². The van der Waals surface area contributed by atoms with Gasteiger partial charge in [0.2, 0.25) is 0 Å². The Morgan fingerprint density at radius 2 is 1.40 bits per heavy atom. The van der Waals surface area contributed by atoms with Gasteiger partial charge in [0.05, 0.1) is 25.9 Å². The summed E-state index contributed by atoms with van der Waals surface area (Å²) < 4.78 is 12.1. The second-order valence-electron chi connectivity index (χ2n) is 6.84. The summed E-state index contributed by atoms with van der Waals surface area (Å²) in [6.07, 6.45) is 0.933. The molecule has 136 valence electrons. The van der Waals surface area contributed by atoms with Crippen LogP contribution in [0.3, 0.4) is 0 Å². The maximum atomic E-state index is 9.33. The van der Waals surface area contributed by atoms with Crippen molar-refractivity contribution in [2.45, 2.75) is 39.6 Å². The molecule has 3 nitrogen and oxygen atoms in total. The van der Waals surface area contributed by atoms with Gasteiger partial charge in [-0.05, 0) is 29.4 Å². The van der Waals surface area contributed by atoms with Crippen molar-refractivity contribution in [3.63, 3.8) is 0 Å². The van der Waals surface area contributed by atoms with Gasteiger partial charge in [-0.15, -0.1) is 0 Å². The fraction of sp³-hybridized carbons (Fsp3) is 0.455. The van der Waals surface area contributed by atoms with Crippen LogP contribution in [0.1, 0.15) is 31.4 Å². The maximum absolute atomic E-state index is 9.33. The molecule has 0 unspecified atom stereocenters. The molecule has 0 aromatic heterocycles. The molecular weight excluding hydrogens is 312 g/mol. The Hall–Kier alpha value is -1.68. The summed E-state index contributed by atoms with van der Waals surface area (Å²) in [4.78, 5) is 0. The van der Waals surface area contributed by atoms with Crippen LogP contribution in [0.25, 0.3) is 0 Å². The summed E-state index contributed by atoms with van der Waals surface area (Å²) >= 11 is 0. The summed E-state index contributed by atoms with van der Waals surface area (Å²) in [5, 5.41) is 9.33. The average Bonchev–Trinajstić information content (AvgIpc) is 2.66. The minimum atomic E-state index is 0.0120. The van der Waals surface area contributed by atoms with Gasteiger partial charge in [0.25, 0.3) is 0 Å². The van der Waals surface area contributed by atoms with Gasteiger partial charge in [-0.2, -0.15) is 0 Å². The SMILES string of the molecule is C[C@H](CO)C[C@H](C)[C@@H](COCc1ccccc1)OCc1ccccc1. The minimum Gasteiger partial charge on any atom is -0.396 e. The third-order valence-corrected chi connectivity index (χ3v) is 4.42. The molecule has 0 aliphatic carbocycles. The molecule has 0 radical (unpaired) electrons. The summed E-state index contributed by atoms with van der Waals surface area (Å²) in [6.45, 7) is 6.18. The summed E-state index contributed by atoms with van der Waals surface area (Å²) in [6, 6.07) is 20.4. The first-order chi connectivity index (χ1) is 12.2. The number of ether oxygens (including phenoxy) is 2. The summed E-state index contributed by atoms with van der Waals surface area (Å²) in [5.41, 5.74) is 2.33. The Balaban J connectivity index is 1.88. The van der Waals surface area contributed by atoms with Crippen LogP contribution in [0.5, 0.6) is 0 Å². The van der Waals surface area contributed by atoms with E-state index in [0.717, 1.165) is 12.0 Å². The molecule has 0 amide bonds. The van der Waals surface area contributed by atoms with Gasteiger partial charge in [0.15, 0.2) is 0 Å². The third-order valence-electron chi connectivity index (χ3n) is 4.42. The van der Waals surface area contributed by atoms with Gasteiger partial charge in [0, 0.05) is 6.61 Å². The number of rotatable bonds is 11. The molecule has 2 aromatic rings. The molecule has 0 aliphatic rings. The van der Waals surface area contributed by atoms with Crippen LogP contribution in [0.15, 0.2) is 60.7 Å². The molecule has 3 atom stereocenters. The van der Waals surface area contributed by atoms with Crippen LogP contribution in [0.4, 0.5) is 0 Å². The molecule has 0 saturated carbocycles. The van der Waals surface area contributed by atoms with Gasteiger partial charge < -0.3 is 14.6 Å². The van der Waals surface area contributed by atoms with Crippen molar-refractivity contribution in [2.24, 2.45) is 11.8 Å². The van der Waals surface area contributed by atoms with Crippen molar-refractivity contribution in [3.8, 4) is 0 Å². The largest absolute Gasteiger partial charge is 0.396 e.